The van der Waals surface area contributed by atoms with Gasteiger partial charge in [-0.3, -0.25) is 0 Å². The van der Waals surface area contributed by atoms with Crippen molar-refractivity contribution in [3.05, 3.63) is 40.3 Å². The Bertz CT molecular complexity index is 969. The van der Waals surface area contributed by atoms with Crippen molar-refractivity contribution in [1.82, 2.24) is 14.9 Å². The van der Waals surface area contributed by atoms with Gasteiger partial charge in [0.1, 0.15) is 15.6 Å². The van der Waals surface area contributed by atoms with Gasteiger partial charge in [0.15, 0.2) is 5.16 Å². The normalized spacial score (nSPS) is 14.6. The van der Waals surface area contributed by atoms with Crippen LogP contribution >= 0.6 is 34.9 Å². The monoisotopic (exact) mass is 431 g/mol. The maximum Gasteiger partial charge on any atom is 0.189 e. The van der Waals surface area contributed by atoms with E-state index in [-0.39, 0.29) is 6.10 Å². The summed E-state index contributed by atoms with van der Waals surface area (Å²) in [5.41, 5.74) is 2.75. The predicted molar refractivity (Wildman–Crippen MR) is 121 cm³/mol. The summed E-state index contributed by atoms with van der Waals surface area (Å²) < 4.78 is 5.75. The number of aromatic nitrogens is 2. The molecule has 28 heavy (non-hydrogen) atoms. The number of hydrogen-bond donors (Lipinski definition) is 0. The number of rotatable bonds is 6. The molecule has 0 amide bonds. The molecule has 0 spiro atoms. The number of likely N-dealkylation sites (N-methyl/N-ethyl adjacent to an activating group) is 1. The SMILES string of the molecule is CSc1nc(SCc2ccc(OC(C)C)cc2)c2c3c(sc2n1)CN(C)CC3. The topological polar surface area (TPSA) is 38.3 Å². The summed E-state index contributed by atoms with van der Waals surface area (Å²) in [5, 5.41) is 3.28. The van der Waals surface area contributed by atoms with Crippen molar-refractivity contribution in [2.75, 3.05) is 19.8 Å². The van der Waals surface area contributed by atoms with Gasteiger partial charge in [-0.25, -0.2) is 9.97 Å². The molecule has 3 heterocycles. The van der Waals surface area contributed by atoms with Crippen LogP contribution in [0.2, 0.25) is 0 Å². The van der Waals surface area contributed by atoms with E-state index in [1.54, 1.807) is 11.8 Å². The summed E-state index contributed by atoms with van der Waals surface area (Å²) in [5.74, 6) is 1.82. The minimum Gasteiger partial charge on any atom is -0.491 e. The predicted octanol–water partition coefficient (Wildman–Crippen LogP) is 5.48. The van der Waals surface area contributed by atoms with E-state index in [1.807, 2.05) is 43.2 Å². The molecule has 1 aromatic carbocycles. The average Bonchev–Trinajstić information content (AvgIpc) is 3.04. The Morgan fingerprint density at radius 1 is 1.21 bits per heavy atom. The van der Waals surface area contributed by atoms with Gasteiger partial charge >= 0.3 is 0 Å². The highest BCUT2D eigenvalue weighted by atomic mass is 32.2. The van der Waals surface area contributed by atoms with E-state index in [4.69, 9.17) is 14.7 Å². The Morgan fingerprint density at radius 3 is 2.71 bits per heavy atom. The smallest absolute Gasteiger partial charge is 0.189 e. The number of fused-ring (bicyclic) bond motifs is 3. The highest BCUT2D eigenvalue weighted by Gasteiger charge is 2.23. The van der Waals surface area contributed by atoms with Gasteiger partial charge < -0.3 is 9.64 Å². The van der Waals surface area contributed by atoms with Crippen LogP contribution in [-0.4, -0.2) is 40.8 Å². The Kier molecular flexibility index (Phi) is 6.16. The molecule has 7 heteroatoms. The molecule has 0 N–H and O–H groups in total. The second kappa shape index (κ2) is 8.61. The lowest BCUT2D eigenvalue weighted by molar-refractivity contribution is 0.242. The van der Waals surface area contributed by atoms with E-state index < -0.39 is 0 Å². The maximum atomic E-state index is 5.75. The number of hydrogen-bond acceptors (Lipinski definition) is 7. The van der Waals surface area contributed by atoms with Crippen LogP contribution in [-0.2, 0) is 18.7 Å². The molecule has 0 unspecified atom stereocenters. The van der Waals surface area contributed by atoms with Crippen molar-refractivity contribution in [2.24, 2.45) is 0 Å². The number of ether oxygens (including phenoxy) is 1. The van der Waals surface area contributed by atoms with Gasteiger partial charge in [-0.05, 0) is 56.8 Å². The molecule has 2 aromatic heterocycles. The number of thiophene rings is 1. The Morgan fingerprint density at radius 2 is 2.00 bits per heavy atom. The van der Waals surface area contributed by atoms with Crippen molar-refractivity contribution in [3.63, 3.8) is 0 Å². The molecule has 148 valence electrons. The van der Waals surface area contributed by atoms with Crippen molar-refractivity contribution in [3.8, 4) is 5.75 Å². The van der Waals surface area contributed by atoms with Crippen LogP contribution < -0.4 is 4.74 Å². The minimum atomic E-state index is 0.198. The first-order valence-corrected chi connectivity index (χ1v) is 12.5. The molecule has 0 fully saturated rings. The molecule has 1 aliphatic heterocycles. The Labute approximate surface area is 179 Å². The summed E-state index contributed by atoms with van der Waals surface area (Å²) in [6, 6.07) is 8.41. The van der Waals surface area contributed by atoms with Crippen LogP contribution in [0.5, 0.6) is 5.75 Å². The van der Waals surface area contributed by atoms with Crippen LogP contribution in [0.4, 0.5) is 0 Å². The lowest BCUT2D eigenvalue weighted by atomic mass is 10.1. The molecule has 0 atom stereocenters. The third kappa shape index (κ3) is 4.32. The average molecular weight is 432 g/mol. The third-order valence-corrected chi connectivity index (χ3v) is 7.40. The standard InChI is InChI=1S/C21H25N3OS3/c1-13(2)25-15-7-5-14(6-8-15)12-27-19-18-16-9-10-24(3)11-17(16)28-20(18)23-21(22-19)26-4/h5-8,13H,9-12H2,1-4H3. The molecule has 0 aliphatic carbocycles. The van der Waals surface area contributed by atoms with E-state index >= 15 is 0 Å². The second-order valence-electron chi connectivity index (χ2n) is 7.29. The van der Waals surface area contributed by atoms with Crippen LogP contribution in [0, 0.1) is 0 Å². The summed E-state index contributed by atoms with van der Waals surface area (Å²) in [4.78, 5) is 14.7. The fourth-order valence-electron chi connectivity index (χ4n) is 3.35. The zero-order valence-electron chi connectivity index (χ0n) is 16.7. The molecule has 4 nitrogen and oxygen atoms in total. The van der Waals surface area contributed by atoms with Gasteiger partial charge in [0.05, 0.1) is 6.10 Å². The minimum absolute atomic E-state index is 0.198. The van der Waals surface area contributed by atoms with Crippen LogP contribution in [0.15, 0.2) is 34.4 Å². The van der Waals surface area contributed by atoms with E-state index in [1.165, 1.54) is 21.4 Å². The highest BCUT2D eigenvalue weighted by Crippen LogP contribution is 2.40. The second-order valence-corrected chi connectivity index (χ2v) is 10.1. The Balaban J connectivity index is 1.60. The first kappa shape index (κ1) is 20.0. The summed E-state index contributed by atoms with van der Waals surface area (Å²) in [7, 11) is 2.19. The molecule has 0 saturated heterocycles. The maximum absolute atomic E-state index is 5.75. The fraction of sp³-hybridized carbons (Fsp3) is 0.429. The number of benzene rings is 1. The van der Waals surface area contributed by atoms with Crippen molar-refractivity contribution in [2.45, 2.75) is 48.9 Å². The zero-order chi connectivity index (χ0) is 19.7. The van der Waals surface area contributed by atoms with Crippen LogP contribution in [0.3, 0.4) is 0 Å². The quantitative estimate of drug-likeness (QED) is 0.292. The van der Waals surface area contributed by atoms with Gasteiger partial charge in [-0.2, -0.15) is 0 Å². The first-order chi connectivity index (χ1) is 13.5. The van der Waals surface area contributed by atoms with Crippen LogP contribution in [0.25, 0.3) is 10.2 Å². The van der Waals surface area contributed by atoms with Gasteiger partial charge in [0, 0.05) is 29.1 Å². The summed E-state index contributed by atoms with van der Waals surface area (Å²) in [6.07, 6.45) is 3.33. The molecule has 0 radical (unpaired) electrons. The fourth-order valence-corrected chi connectivity index (χ4v) is 6.21. The van der Waals surface area contributed by atoms with Crippen molar-refractivity contribution >= 4 is 45.1 Å². The van der Waals surface area contributed by atoms with Crippen molar-refractivity contribution < 1.29 is 4.74 Å². The molecule has 0 saturated carbocycles. The first-order valence-electron chi connectivity index (χ1n) is 9.46. The number of nitrogens with zero attached hydrogens (tertiary/aromatic N) is 3. The largest absolute Gasteiger partial charge is 0.491 e. The van der Waals surface area contributed by atoms with E-state index in [0.717, 1.165) is 46.0 Å². The summed E-state index contributed by atoms with van der Waals surface area (Å²) >= 11 is 5.28. The lowest BCUT2D eigenvalue weighted by Gasteiger charge is -2.22. The van der Waals surface area contributed by atoms with E-state index in [9.17, 15) is 0 Å². The van der Waals surface area contributed by atoms with Gasteiger partial charge in [-0.15, -0.1) is 23.1 Å². The Hall–Kier alpha value is -1.28. The molecule has 4 rings (SSSR count). The van der Waals surface area contributed by atoms with Gasteiger partial charge in [0.2, 0.25) is 0 Å². The van der Waals surface area contributed by atoms with E-state index in [2.05, 4.69) is 36.2 Å². The lowest BCUT2D eigenvalue weighted by Crippen LogP contribution is -2.25. The summed E-state index contributed by atoms with van der Waals surface area (Å²) in [6.45, 7) is 6.22. The van der Waals surface area contributed by atoms with Gasteiger partial charge in [-0.1, -0.05) is 23.9 Å². The zero-order valence-corrected chi connectivity index (χ0v) is 19.1. The highest BCUT2D eigenvalue weighted by molar-refractivity contribution is 7.99. The third-order valence-electron chi connectivity index (χ3n) is 4.69. The molecule has 1 aliphatic rings. The number of thioether (sulfide) groups is 2. The molecular weight excluding hydrogens is 406 g/mol. The van der Waals surface area contributed by atoms with Gasteiger partial charge in [0.25, 0.3) is 0 Å². The van der Waals surface area contributed by atoms with E-state index in [0.29, 0.717) is 0 Å². The van der Waals surface area contributed by atoms with Crippen LogP contribution in [0.1, 0.15) is 29.9 Å². The molecular formula is C21H25N3OS3. The van der Waals surface area contributed by atoms with Crippen molar-refractivity contribution in [1.29, 1.82) is 0 Å². The molecule has 3 aromatic rings. The molecule has 0 bridgehead atoms.